The number of hydrogen-bond donors (Lipinski definition) is 2. The smallest absolute Gasteiger partial charge is 0.357 e. The molecule has 1 aliphatic carbocycles. The molecule has 0 amide bonds. The Labute approximate surface area is 164 Å². The van der Waals surface area contributed by atoms with Gasteiger partial charge in [0.2, 0.25) is 0 Å². The molecule has 2 atom stereocenters. The molecule has 2 rings (SSSR count). The van der Waals surface area contributed by atoms with E-state index in [9.17, 15) is 13.2 Å². The van der Waals surface area contributed by atoms with Crippen molar-refractivity contribution in [3.8, 4) is 0 Å². The van der Waals surface area contributed by atoms with Crippen LogP contribution in [-0.4, -0.2) is 29.7 Å². The number of hydrogen-bond acceptors (Lipinski definition) is 2. The van der Waals surface area contributed by atoms with Crippen LogP contribution in [0.3, 0.4) is 0 Å². The maximum absolute atomic E-state index is 12.9. The van der Waals surface area contributed by atoms with E-state index in [-0.39, 0.29) is 42.9 Å². The minimum atomic E-state index is -4.11. The van der Waals surface area contributed by atoms with Crippen LogP contribution in [0.15, 0.2) is 23.3 Å². The first-order valence-corrected chi connectivity index (χ1v) is 8.42. The first-order valence-electron chi connectivity index (χ1n) is 8.42. The van der Waals surface area contributed by atoms with Gasteiger partial charge in [-0.05, 0) is 44.7 Å². The molecule has 0 bridgehead atoms. The molecule has 4 nitrogen and oxygen atoms in total. The van der Waals surface area contributed by atoms with Crippen LogP contribution in [0.25, 0.3) is 0 Å². The summed E-state index contributed by atoms with van der Waals surface area (Å²) in [5.41, 5.74) is 1.92. The van der Waals surface area contributed by atoms with Crippen molar-refractivity contribution in [3.05, 3.63) is 29.6 Å². The summed E-state index contributed by atoms with van der Waals surface area (Å²) in [6, 6.07) is 3.63. The van der Waals surface area contributed by atoms with Crippen LogP contribution >= 0.6 is 24.0 Å². The van der Waals surface area contributed by atoms with E-state index in [1.807, 2.05) is 26.0 Å². The van der Waals surface area contributed by atoms with E-state index < -0.39 is 12.1 Å². The Kier molecular flexibility index (Phi) is 8.95. The fraction of sp³-hybridized carbons (Fsp3) is 0.647. The molecule has 25 heavy (non-hydrogen) atoms. The van der Waals surface area contributed by atoms with Gasteiger partial charge < -0.3 is 10.6 Å². The lowest BCUT2D eigenvalue weighted by molar-refractivity contribution is -0.183. The molecule has 0 spiro atoms. The third-order valence-corrected chi connectivity index (χ3v) is 4.33. The number of aliphatic imine (C=N–C) groups is 1. The van der Waals surface area contributed by atoms with Crippen molar-refractivity contribution in [2.45, 2.75) is 58.3 Å². The van der Waals surface area contributed by atoms with Gasteiger partial charge in [-0.3, -0.25) is 4.98 Å². The van der Waals surface area contributed by atoms with Gasteiger partial charge in [-0.25, -0.2) is 4.99 Å². The molecule has 1 saturated carbocycles. The van der Waals surface area contributed by atoms with Crippen molar-refractivity contribution in [1.82, 2.24) is 15.6 Å². The molecule has 1 fully saturated rings. The SMILES string of the molecule is CCNC(=NCc1ncccc1C)NC1CCCC(C(F)(F)F)C1.I. The van der Waals surface area contributed by atoms with Gasteiger partial charge in [0.05, 0.1) is 18.2 Å². The summed E-state index contributed by atoms with van der Waals surface area (Å²) < 4.78 is 38.8. The molecule has 0 aliphatic heterocycles. The largest absolute Gasteiger partial charge is 0.391 e. The van der Waals surface area contributed by atoms with Gasteiger partial charge in [-0.15, -0.1) is 24.0 Å². The third-order valence-electron chi connectivity index (χ3n) is 4.33. The van der Waals surface area contributed by atoms with E-state index in [2.05, 4.69) is 20.6 Å². The van der Waals surface area contributed by atoms with Crippen LogP contribution in [0.4, 0.5) is 13.2 Å². The maximum atomic E-state index is 12.9. The van der Waals surface area contributed by atoms with Crippen molar-refractivity contribution < 1.29 is 13.2 Å². The fourth-order valence-corrected chi connectivity index (χ4v) is 2.97. The predicted octanol–water partition coefficient (Wildman–Crippen LogP) is 4.18. The standard InChI is InChI=1S/C17H25F3N4.HI/c1-3-21-16(23-11-15-12(2)6-5-9-22-15)24-14-8-4-7-13(10-14)17(18,19)20;/h5-6,9,13-14H,3-4,7-8,10-11H2,1-2H3,(H2,21,23,24);1H. The number of alkyl halides is 3. The van der Waals surface area contributed by atoms with E-state index in [1.54, 1.807) is 6.20 Å². The Morgan fingerprint density at radius 2 is 2.12 bits per heavy atom. The van der Waals surface area contributed by atoms with Crippen molar-refractivity contribution in [3.63, 3.8) is 0 Å². The molecule has 1 aliphatic rings. The molecule has 142 valence electrons. The first-order chi connectivity index (χ1) is 11.4. The molecule has 1 aromatic heterocycles. The van der Waals surface area contributed by atoms with Gasteiger partial charge in [-0.2, -0.15) is 13.2 Å². The topological polar surface area (TPSA) is 49.3 Å². The molecule has 8 heteroatoms. The van der Waals surface area contributed by atoms with E-state index in [4.69, 9.17) is 0 Å². The average molecular weight is 470 g/mol. The maximum Gasteiger partial charge on any atom is 0.391 e. The molecular weight excluding hydrogens is 444 g/mol. The molecule has 2 unspecified atom stereocenters. The lowest BCUT2D eigenvalue weighted by Crippen LogP contribution is -2.46. The monoisotopic (exact) mass is 470 g/mol. The number of rotatable bonds is 4. The number of halogens is 4. The van der Waals surface area contributed by atoms with Crippen molar-refractivity contribution in [2.24, 2.45) is 10.9 Å². The minimum absolute atomic E-state index is 0. The summed E-state index contributed by atoms with van der Waals surface area (Å²) in [5, 5.41) is 6.26. The predicted molar refractivity (Wildman–Crippen MR) is 104 cm³/mol. The molecule has 1 aromatic rings. The van der Waals surface area contributed by atoms with Gasteiger partial charge in [0.1, 0.15) is 0 Å². The average Bonchev–Trinajstić information content (AvgIpc) is 2.53. The second kappa shape index (κ2) is 10.2. The number of nitrogens with one attached hydrogen (secondary N) is 2. The van der Waals surface area contributed by atoms with Crippen LogP contribution in [0.2, 0.25) is 0 Å². The number of nitrogens with zero attached hydrogens (tertiary/aromatic N) is 2. The van der Waals surface area contributed by atoms with Crippen molar-refractivity contribution in [2.75, 3.05) is 6.54 Å². The lowest BCUT2D eigenvalue weighted by atomic mass is 9.85. The van der Waals surface area contributed by atoms with Gasteiger partial charge in [-0.1, -0.05) is 12.5 Å². The van der Waals surface area contributed by atoms with E-state index >= 15 is 0 Å². The van der Waals surface area contributed by atoms with Gasteiger partial charge in [0.25, 0.3) is 0 Å². The molecule has 1 heterocycles. The normalized spacial score (nSPS) is 21.4. The Balaban J connectivity index is 0.00000312. The van der Waals surface area contributed by atoms with Gasteiger partial charge in [0.15, 0.2) is 5.96 Å². The zero-order valence-electron chi connectivity index (χ0n) is 14.6. The zero-order chi connectivity index (χ0) is 17.6. The molecule has 0 aromatic carbocycles. The fourth-order valence-electron chi connectivity index (χ4n) is 2.97. The Morgan fingerprint density at radius 3 is 2.76 bits per heavy atom. The summed E-state index contributed by atoms with van der Waals surface area (Å²) in [4.78, 5) is 8.77. The van der Waals surface area contributed by atoms with Crippen LogP contribution in [-0.2, 0) is 6.54 Å². The highest BCUT2D eigenvalue weighted by Gasteiger charge is 2.42. The number of aromatic nitrogens is 1. The van der Waals surface area contributed by atoms with Crippen molar-refractivity contribution >= 4 is 29.9 Å². The van der Waals surface area contributed by atoms with Crippen LogP contribution in [0, 0.1) is 12.8 Å². The number of pyridine rings is 1. The van der Waals surface area contributed by atoms with Crippen LogP contribution in [0.1, 0.15) is 43.9 Å². The van der Waals surface area contributed by atoms with Crippen LogP contribution < -0.4 is 10.6 Å². The van der Waals surface area contributed by atoms with Crippen LogP contribution in [0.5, 0.6) is 0 Å². The molecule has 0 radical (unpaired) electrons. The summed E-state index contributed by atoms with van der Waals surface area (Å²) in [7, 11) is 0. The minimum Gasteiger partial charge on any atom is -0.357 e. The molecule has 0 saturated heterocycles. The quantitative estimate of drug-likeness (QED) is 0.395. The Morgan fingerprint density at radius 1 is 1.36 bits per heavy atom. The van der Waals surface area contributed by atoms with Crippen molar-refractivity contribution in [1.29, 1.82) is 0 Å². The summed E-state index contributed by atoms with van der Waals surface area (Å²) >= 11 is 0. The van der Waals surface area contributed by atoms with Gasteiger partial charge in [0, 0.05) is 18.8 Å². The second-order valence-electron chi connectivity index (χ2n) is 6.21. The van der Waals surface area contributed by atoms with E-state index in [1.165, 1.54) is 0 Å². The molecule has 2 N–H and O–H groups in total. The first kappa shape index (κ1) is 22.0. The highest BCUT2D eigenvalue weighted by molar-refractivity contribution is 14.0. The summed E-state index contributed by atoms with van der Waals surface area (Å²) in [6.45, 7) is 4.95. The zero-order valence-corrected chi connectivity index (χ0v) is 16.9. The Hall–Kier alpha value is -1.06. The van der Waals surface area contributed by atoms with E-state index in [0.717, 1.165) is 17.7 Å². The highest BCUT2D eigenvalue weighted by atomic mass is 127. The highest BCUT2D eigenvalue weighted by Crippen LogP contribution is 2.37. The molecular formula is C17H26F3IN4. The lowest BCUT2D eigenvalue weighted by Gasteiger charge is -2.31. The number of aryl methyl sites for hydroxylation is 1. The number of guanidine groups is 1. The van der Waals surface area contributed by atoms with Gasteiger partial charge >= 0.3 is 6.18 Å². The third kappa shape index (κ3) is 6.99. The summed E-state index contributed by atoms with van der Waals surface area (Å²) in [5.74, 6) is -0.667. The Bertz CT molecular complexity index is 563. The second-order valence-corrected chi connectivity index (χ2v) is 6.21. The van der Waals surface area contributed by atoms with E-state index in [0.29, 0.717) is 25.5 Å². The summed E-state index contributed by atoms with van der Waals surface area (Å²) in [6.07, 6.45) is -0.743.